The monoisotopic (exact) mass is 197 g/mol. The highest BCUT2D eigenvalue weighted by Crippen LogP contribution is 2.30. The number of hydrogen-bond acceptors (Lipinski definition) is 3. The molecule has 0 atom stereocenters. The summed E-state index contributed by atoms with van der Waals surface area (Å²) in [6.07, 6.45) is 0. The van der Waals surface area contributed by atoms with E-state index >= 15 is 0 Å². The quantitative estimate of drug-likeness (QED) is 0.670. The van der Waals surface area contributed by atoms with Crippen LogP contribution < -0.4 is 0 Å². The van der Waals surface area contributed by atoms with Gasteiger partial charge in [0.25, 0.3) is 0 Å². The molecule has 0 radical (unpaired) electrons. The molecule has 0 aromatic carbocycles. The normalized spacial score (nSPS) is 16.5. The first kappa shape index (κ1) is 9.09. The minimum atomic E-state index is 1.04. The molecule has 72 valence electrons. The lowest BCUT2D eigenvalue weighted by Crippen LogP contribution is -2.11. The highest BCUT2D eigenvalue weighted by atomic mass is 32.2. The molecule has 13 heavy (non-hydrogen) atoms. The van der Waals surface area contributed by atoms with Crippen LogP contribution in [0.25, 0.3) is 0 Å². The Labute approximate surface area is 83.1 Å². The van der Waals surface area contributed by atoms with E-state index in [4.69, 9.17) is 0 Å². The molecule has 1 aliphatic heterocycles. The summed E-state index contributed by atoms with van der Waals surface area (Å²) in [6.45, 7) is 4.28. The fraction of sp³-hybridized carbons (Fsp3) is 0.667. The molecule has 0 aliphatic carbocycles. The van der Waals surface area contributed by atoms with Crippen molar-refractivity contribution in [1.29, 1.82) is 0 Å². The van der Waals surface area contributed by atoms with Crippen LogP contribution in [-0.4, -0.2) is 27.5 Å². The Balaban J connectivity index is 2.34. The van der Waals surface area contributed by atoms with Gasteiger partial charge in [0.15, 0.2) is 0 Å². The van der Waals surface area contributed by atoms with Crippen molar-refractivity contribution in [2.45, 2.75) is 25.0 Å². The van der Waals surface area contributed by atoms with Gasteiger partial charge in [0.2, 0.25) is 0 Å². The van der Waals surface area contributed by atoms with Gasteiger partial charge in [0.1, 0.15) is 5.03 Å². The molecule has 2 rings (SSSR count). The minimum absolute atomic E-state index is 1.04. The van der Waals surface area contributed by atoms with Crippen molar-refractivity contribution in [1.82, 2.24) is 14.7 Å². The summed E-state index contributed by atoms with van der Waals surface area (Å²) in [6, 6.07) is 0. The molecule has 0 fully saturated rings. The summed E-state index contributed by atoms with van der Waals surface area (Å²) in [7, 11) is 4.19. The van der Waals surface area contributed by atoms with Crippen LogP contribution in [0.1, 0.15) is 18.2 Å². The maximum Gasteiger partial charge on any atom is 0.123 e. The maximum absolute atomic E-state index is 4.51. The van der Waals surface area contributed by atoms with Crippen LogP contribution in [0.3, 0.4) is 0 Å². The van der Waals surface area contributed by atoms with Crippen LogP contribution in [0, 0.1) is 0 Å². The molecule has 0 saturated heterocycles. The molecule has 0 amide bonds. The first-order valence-electron chi connectivity index (χ1n) is 4.58. The molecule has 3 nitrogen and oxygen atoms in total. The molecule has 4 heteroatoms. The first-order chi connectivity index (χ1) is 6.22. The van der Waals surface area contributed by atoms with Gasteiger partial charge in [-0.15, -0.1) is 11.8 Å². The van der Waals surface area contributed by atoms with Gasteiger partial charge >= 0.3 is 0 Å². The average molecular weight is 197 g/mol. The van der Waals surface area contributed by atoms with E-state index in [9.17, 15) is 0 Å². The number of thioether (sulfide) groups is 1. The van der Waals surface area contributed by atoms with Crippen LogP contribution in [0.5, 0.6) is 0 Å². The van der Waals surface area contributed by atoms with Crippen molar-refractivity contribution < 1.29 is 0 Å². The Kier molecular flexibility index (Phi) is 2.34. The first-order valence-corrected chi connectivity index (χ1v) is 5.57. The van der Waals surface area contributed by atoms with E-state index < -0.39 is 0 Å². The zero-order valence-corrected chi connectivity index (χ0v) is 9.19. The van der Waals surface area contributed by atoms with Crippen molar-refractivity contribution in [2.75, 3.05) is 12.8 Å². The predicted molar refractivity (Wildman–Crippen MR) is 54.8 cm³/mol. The van der Waals surface area contributed by atoms with E-state index in [-0.39, 0.29) is 0 Å². The van der Waals surface area contributed by atoms with Crippen LogP contribution in [0.4, 0.5) is 0 Å². The average Bonchev–Trinajstić information content (AvgIpc) is 2.55. The largest absolute Gasteiger partial charge is 0.296 e. The number of nitrogens with zero attached hydrogens (tertiary/aromatic N) is 3. The second-order valence-corrected chi connectivity index (χ2v) is 4.71. The third-order valence-corrected chi connectivity index (χ3v) is 3.26. The van der Waals surface area contributed by atoms with E-state index in [1.807, 2.05) is 23.5 Å². The number of aromatic nitrogens is 2. The highest BCUT2D eigenvalue weighted by molar-refractivity contribution is 7.99. The number of rotatable bonds is 2. The fourth-order valence-electron chi connectivity index (χ4n) is 1.77. The van der Waals surface area contributed by atoms with Crippen molar-refractivity contribution in [2.24, 2.45) is 7.05 Å². The van der Waals surface area contributed by atoms with Crippen LogP contribution >= 0.6 is 11.8 Å². The minimum Gasteiger partial charge on any atom is -0.296 e. The van der Waals surface area contributed by atoms with E-state index in [0.717, 1.165) is 18.8 Å². The number of aryl methyl sites for hydroxylation is 1. The van der Waals surface area contributed by atoms with Crippen molar-refractivity contribution in [3.8, 4) is 0 Å². The lowest BCUT2D eigenvalue weighted by molar-refractivity contribution is 0.341. The molecule has 2 heterocycles. The van der Waals surface area contributed by atoms with Gasteiger partial charge in [-0.3, -0.25) is 9.58 Å². The second kappa shape index (κ2) is 3.35. The Morgan fingerprint density at radius 2 is 2.15 bits per heavy atom. The van der Waals surface area contributed by atoms with Crippen molar-refractivity contribution in [3.05, 3.63) is 11.3 Å². The third-order valence-electron chi connectivity index (χ3n) is 2.37. The molecule has 0 spiro atoms. The van der Waals surface area contributed by atoms with Crippen molar-refractivity contribution in [3.63, 3.8) is 0 Å². The van der Waals surface area contributed by atoms with Gasteiger partial charge in [-0.25, -0.2) is 0 Å². The van der Waals surface area contributed by atoms with Crippen LogP contribution in [0.15, 0.2) is 5.03 Å². The zero-order valence-electron chi connectivity index (χ0n) is 8.37. The smallest absolute Gasteiger partial charge is 0.123 e. The summed E-state index contributed by atoms with van der Waals surface area (Å²) >= 11 is 1.84. The summed E-state index contributed by atoms with van der Waals surface area (Å²) in [5.74, 6) is 1.10. The van der Waals surface area contributed by atoms with E-state index in [1.54, 1.807) is 0 Å². The lowest BCUT2D eigenvalue weighted by atomic mass is 10.3. The molecular formula is C9H15N3S. The maximum atomic E-state index is 4.51. The molecule has 1 aliphatic rings. The molecule has 0 N–H and O–H groups in total. The number of fused-ring (bicyclic) bond motifs is 1. The molecule has 1 aromatic heterocycles. The Morgan fingerprint density at radius 3 is 2.85 bits per heavy atom. The van der Waals surface area contributed by atoms with Gasteiger partial charge in [-0.2, -0.15) is 5.10 Å². The zero-order chi connectivity index (χ0) is 9.42. The molecule has 1 aromatic rings. The summed E-state index contributed by atoms with van der Waals surface area (Å²) < 4.78 is 2.02. The molecule has 0 bridgehead atoms. The Hall–Kier alpha value is -0.480. The SMILES string of the molecule is CCSc1nn(C)c2c1CN(C)C2. The van der Waals surface area contributed by atoms with E-state index in [1.165, 1.54) is 16.3 Å². The number of hydrogen-bond donors (Lipinski definition) is 0. The standard InChI is InChI=1S/C9H15N3S/c1-4-13-9-7-5-11(2)6-8(7)12(3)10-9/h4-6H2,1-3H3. The highest BCUT2D eigenvalue weighted by Gasteiger charge is 2.23. The second-order valence-electron chi connectivity index (χ2n) is 3.46. The van der Waals surface area contributed by atoms with E-state index in [0.29, 0.717) is 0 Å². The molecule has 0 saturated carbocycles. The van der Waals surface area contributed by atoms with Gasteiger partial charge in [-0.1, -0.05) is 6.92 Å². The predicted octanol–water partition coefficient (Wildman–Crippen LogP) is 1.48. The summed E-state index contributed by atoms with van der Waals surface area (Å²) in [4.78, 5) is 2.33. The fourth-order valence-corrected chi connectivity index (χ4v) is 2.58. The van der Waals surface area contributed by atoms with Gasteiger partial charge in [0, 0.05) is 25.7 Å². The molecular weight excluding hydrogens is 182 g/mol. The summed E-state index contributed by atoms with van der Waals surface area (Å²) in [5, 5.41) is 5.74. The van der Waals surface area contributed by atoms with Crippen LogP contribution in [0.2, 0.25) is 0 Å². The lowest BCUT2D eigenvalue weighted by Gasteiger charge is -2.06. The summed E-state index contributed by atoms with van der Waals surface area (Å²) in [5.41, 5.74) is 2.83. The Bertz CT molecular complexity index is 319. The third kappa shape index (κ3) is 1.48. The van der Waals surface area contributed by atoms with Crippen molar-refractivity contribution >= 4 is 11.8 Å². The van der Waals surface area contributed by atoms with Gasteiger partial charge in [-0.05, 0) is 12.8 Å². The Morgan fingerprint density at radius 1 is 1.38 bits per heavy atom. The topological polar surface area (TPSA) is 21.1 Å². The van der Waals surface area contributed by atoms with Gasteiger partial charge < -0.3 is 0 Å². The van der Waals surface area contributed by atoms with Gasteiger partial charge in [0.05, 0.1) is 5.69 Å². The van der Waals surface area contributed by atoms with Crippen LogP contribution in [-0.2, 0) is 20.1 Å². The molecule has 0 unspecified atom stereocenters. The van der Waals surface area contributed by atoms with E-state index in [2.05, 4.69) is 24.0 Å².